The Morgan fingerprint density at radius 3 is 2.89 bits per heavy atom. The van der Waals surface area contributed by atoms with Gasteiger partial charge in [-0.2, -0.15) is 0 Å². The van der Waals surface area contributed by atoms with Gasteiger partial charge in [0.1, 0.15) is 11.5 Å². The number of anilines is 1. The van der Waals surface area contributed by atoms with E-state index >= 15 is 0 Å². The lowest BCUT2D eigenvalue weighted by atomic mass is 10.2. The number of aromatic nitrogens is 1. The number of nitrogens with one attached hydrogen (secondary N) is 1. The summed E-state index contributed by atoms with van der Waals surface area (Å²) in [6.45, 7) is 2.02. The molecule has 0 aliphatic carbocycles. The first-order valence-corrected chi connectivity index (χ1v) is 5.63. The van der Waals surface area contributed by atoms with Crippen LogP contribution in [0.1, 0.15) is 23.2 Å². The van der Waals surface area contributed by atoms with Crippen LogP contribution in [0.4, 0.5) is 5.69 Å². The summed E-state index contributed by atoms with van der Waals surface area (Å²) in [6, 6.07) is 7.13. The van der Waals surface area contributed by atoms with Crippen molar-refractivity contribution in [2.45, 2.75) is 19.4 Å². The molecule has 0 saturated heterocycles. The Morgan fingerprint density at radius 1 is 1.50 bits per heavy atom. The first-order valence-electron chi connectivity index (χ1n) is 5.63. The molecule has 0 fully saturated rings. The number of hydrogen-bond donors (Lipinski definition) is 2. The topological polar surface area (TPSA) is 75.4 Å². The largest absolute Gasteiger partial charge is 0.477 e. The molecule has 2 N–H and O–H groups in total. The highest BCUT2D eigenvalue weighted by Crippen LogP contribution is 2.11. The molecule has 94 valence electrons. The first kappa shape index (κ1) is 12.2. The van der Waals surface area contributed by atoms with E-state index in [9.17, 15) is 4.79 Å². The van der Waals surface area contributed by atoms with E-state index in [0.29, 0.717) is 0 Å². The molecule has 5 heteroatoms. The monoisotopic (exact) mass is 246 g/mol. The Balaban J connectivity index is 1.94. The van der Waals surface area contributed by atoms with Crippen LogP contribution in [0.25, 0.3) is 0 Å². The summed E-state index contributed by atoms with van der Waals surface area (Å²) in [5, 5.41) is 12.0. The third-order valence-electron chi connectivity index (χ3n) is 2.48. The molecule has 0 spiro atoms. The van der Waals surface area contributed by atoms with Gasteiger partial charge in [0.05, 0.1) is 18.1 Å². The van der Waals surface area contributed by atoms with Crippen LogP contribution < -0.4 is 5.32 Å². The first-order chi connectivity index (χ1) is 8.65. The van der Waals surface area contributed by atoms with Crippen LogP contribution in [0.15, 0.2) is 41.1 Å². The molecule has 1 atom stereocenters. The van der Waals surface area contributed by atoms with E-state index in [4.69, 9.17) is 9.52 Å². The standard InChI is InChI=1S/C13H14N2O3/c1-9(7-11-3-2-6-18-11)15-10-4-5-12(13(16)17)14-8-10/h2-6,8-9,15H,7H2,1H3,(H,16,17). The second-order valence-corrected chi connectivity index (χ2v) is 4.07. The Kier molecular flexibility index (Phi) is 3.62. The molecule has 2 aromatic rings. The Labute approximate surface area is 104 Å². The fourth-order valence-electron chi connectivity index (χ4n) is 1.67. The van der Waals surface area contributed by atoms with Gasteiger partial charge < -0.3 is 14.8 Å². The van der Waals surface area contributed by atoms with Crippen molar-refractivity contribution in [2.24, 2.45) is 0 Å². The van der Waals surface area contributed by atoms with Crippen molar-refractivity contribution in [2.75, 3.05) is 5.32 Å². The SMILES string of the molecule is CC(Cc1ccco1)Nc1ccc(C(=O)O)nc1. The summed E-state index contributed by atoms with van der Waals surface area (Å²) in [5.74, 6) is -0.115. The normalized spacial score (nSPS) is 12.1. The Bertz CT molecular complexity index is 506. The van der Waals surface area contributed by atoms with E-state index < -0.39 is 5.97 Å². The molecule has 2 aromatic heterocycles. The number of pyridine rings is 1. The molecule has 18 heavy (non-hydrogen) atoms. The van der Waals surface area contributed by atoms with Crippen molar-refractivity contribution in [3.05, 3.63) is 48.2 Å². The maximum Gasteiger partial charge on any atom is 0.354 e. The molecule has 0 radical (unpaired) electrons. The lowest BCUT2D eigenvalue weighted by molar-refractivity contribution is 0.0690. The van der Waals surface area contributed by atoms with Crippen molar-refractivity contribution in [3.63, 3.8) is 0 Å². The van der Waals surface area contributed by atoms with Crippen molar-refractivity contribution in [3.8, 4) is 0 Å². The minimum Gasteiger partial charge on any atom is -0.477 e. The second kappa shape index (κ2) is 5.35. The van der Waals surface area contributed by atoms with E-state index in [2.05, 4.69) is 10.3 Å². The van der Waals surface area contributed by atoms with E-state index in [1.54, 1.807) is 12.3 Å². The van der Waals surface area contributed by atoms with E-state index in [1.807, 2.05) is 19.1 Å². The lowest BCUT2D eigenvalue weighted by Crippen LogP contribution is -2.18. The van der Waals surface area contributed by atoms with Gasteiger partial charge in [-0.25, -0.2) is 9.78 Å². The number of carboxylic acid groups (broad SMARTS) is 1. The molecule has 0 bridgehead atoms. The number of furan rings is 1. The van der Waals surface area contributed by atoms with E-state index in [1.165, 1.54) is 12.3 Å². The molecule has 0 saturated carbocycles. The average molecular weight is 246 g/mol. The average Bonchev–Trinajstić information content (AvgIpc) is 2.82. The van der Waals surface area contributed by atoms with Crippen LogP contribution >= 0.6 is 0 Å². The smallest absolute Gasteiger partial charge is 0.354 e. The summed E-state index contributed by atoms with van der Waals surface area (Å²) >= 11 is 0. The van der Waals surface area contributed by atoms with Crippen LogP contribution in [0.2, 0.25) is 0 Å². The number of rotatable bonds is 5. The van der Waals surface area contributed by atoms with Crippen molar-refractivity contribution >= 4 is 11.7 Å². The van der Waals surface area contributed by atoms with E-state index in [0.717, 1.165) is 17.9 Å². The van der Waals surface area contributed by atoms with Gasteiger partial charge >= 0.3 is 5.97 Å². The predicted molar refractivity (Wildman–Crippen MR) is 66.7 cm³/mol. The van der Waals surface area contributed by atoms with Gasteiger partial charge in [0.25, 0.3) is 0 Å². The van der Waals surface area contributed by atoms with Gasteiger partial charge in [0, 0.05) is 12.5 Å². The molecule has 0 aliphatic rings. The maximum atomic E-state index is 10.7. The van der Waals surface area contributed by atoms with Gasteiger partial charge in [-0.05, 0) is 31.2 Å². The van der Waals surface area contributed by atoms with Gasteiger partial charge in [-0.15, -0.1) is 0 Å². The predicted octanol–water partition coefficient (Wildman–Crippen LogP) is 2.42. The molecule has 1 unspecified atom stereocenters. The van der Waals surface area contributed by atoms with Crippen LogP contribution in [0.3, 0.4) is 0 Å². The van der Waals surface area contributed by atoms with Crippen LogP contribution in [-0.4, -0.2) is 22.1 Å². The summed E-state index contributed by atoms with van der Waals surface area (Å²) in [7, 11) is 0. The zero-order chi connectivity index (χ0) is 13.0. The molecule has 0 amide bonds. The molecule has 5 nitrogen and oxygen atoms in total. The van der Waals surface area contributed by atoms with Crippen molar-refractivity contribution in [1.82, 2.24) is 4.98 Å². The highest BCUT2D eigenvalue weighted by Gasteiger charge is 2.07. The fourth-order valence-corrected chi connectivity index (χ4v) is 1.67. The molecular weight excluding hydrogens is 232 g/mol. The number of nitrogens with zero attached hydrogens (tertiary/aromatic N) is 1. The summed E-state index contributed by atoms with van der Waals surface area (Å²) in [5.41, 5.74) is 0.832. The van der Waals surface area contributed by atoms with Gasteiger partial charge in [-0.3, -0.25) is 0 Å². The summed E-state index contributed by atoms with van der Waals surface area (Å²) in [4.78, 5) is 14.5. The van der Waals surface area contributed by atoms with Crippen molar-refractivity contribution in [1.29, 1.82) is 0 Å². The zero-order valence-corrected chi connectivity index (χ0v) is 9.96. The second-order valence-electron chi connectivity index (χ2n) is 4.07. The summed E-state index contributed by atoms with van der Waals surface area (Å²) in [6.07, 6.45) is 3.92. The number of carbonyl (C=O) groups is 1. The number of hydrogen-bond acceptors (Lipinski definition) is 4. The third kappa shape index (κ3) is 3.10. The molecule has 0 aromatic carbocycles. The number of carboxylic acids is 1. The summed E-state index contributed by atoms with van der Waals surface area (Å²) < 4.78 is 5.26. The fraction of sp³-hybridized carbons (Fsp3) is 0.231. The lowest BCUT2D eigenvalue weighted by Gasteiger charge is -2.13. The quantitative estimate of drug-likeness (QED) is 0.847. The van der Waals surface area contributed by atoms with Crippen LogP contribution in [-0.2, 0) is 6.42 Å². The Hall–Kier alpha value is -2.30. The Morgan fingerprint density at radius 2 is 2.33 bits per heavy atom. The third-order valence-corrected chi connectivity index (χ3v) is 2.48. The van der Waals surface area contributed by atoms with Crippen LogP contribution in [0, 0.1) is 0 Å². The molecule has 2 heterocycles. The molecule has 0 aliphatic heterocycles. The number of aromatic carboxylic acids is 1. The zero-order valence-electron chi connectivity index (χ0n) is 9.96. The van der Waals surface area contributed by atoms with Crippen LogP contribution in [0.5, 0.6) is 0 Å². The van der Waals surface area contributed by atoms with Gasteiger partial charge in [-0.1, -0.05) is 0 Å². The minimum atomic E-state index is -1.02. The highest BCUT2D eigenvalue weighted by molar-refractivity contribution is 5.85. The maximum absolute atomic E-state index is 10.7. The van der Waals surface area contributed by atoms with Gasteiger partial charge in [0.15, 0.2) is 0 Å². The minimum absolute atomic E-state index is 0.0410. The molecule has 2 rings (SSSR count). The molecular formula is C13H14N2O3. The van der Waals surface area contributed by atoms with E-state index in [-0.39, 0.29) is 11.7 Å². The highest BCUT2D eigenvalue weighted by atomic mass is 16.4. The van der Waals surface area contributed by atoms with Gasteiger partial charge in [0.2, 0.25) is 0 Å². The van der Waals surface area contributed by atoms with Crippen molar-refractivity contribution < 1.29 is 14.3 Å².